The van der Waals surface area contributed by atoms with E-state index in [0.29, 0.717) is 6.54 Å². The summed E-state index contributed by atoms with van der Waals surface area (Å²) in [5, 5.41) is 5.84. The normalized spacial score (nSPS) is 9.63. The van der Waals surface area contributed by atoms with E-state index >= 15 is 0 Å². The van der Waals surface area contributed by atoms with Crippen LogP contribution >= 0.6 is 12.4 Å². The van der Waals surface area contributed by atoms with Crippen LogP contribution in [-0.4, -0.2) is 32.7 Å². The molecule has 0 aliphatic heterocycles. The smallest absolute Gasteiger partial charge is 0.257 e. The van der Waals surface area contributed by atoms with Crippen LogP contribution in [0.25, 0.3) is 0 Å². The molecule has 0 spiro atoms. The lowest BCUT2D eigenvalue weighted by molar-refractivity contribution is -0.123. The van der Waals surface area contributed by atoms with Crippen LogP contribution in [0.5, 0.6) is 5.75 Å². The average Bonchev–Trinajstić information content (AvgIpc) is 2.36. The predicted octanol–water partition coefficient (Wildman–Crippen LogP) is 1.83. The molecular formula is C14H23ClN2O2. The number of carbonyl (C=O) groups is 1. The maximum absolute atomic E-state index is 11.5. The number of hydrogen-bond acceptors (Lipinski definition) is 3. The molecule has 0 fully saturated rings. The zero-order valence-electron chi connectivity index (χ0n) is 11.8. The highest BCUT2D eigenvalue weighted by Gasteiger charge is 2.02. The maximum Gasteiger partial charge on any atom is 0.257 e. The van der Waals surface area contributed by atoms with Crippen molar-refractivity contribution < 1.29 is 9.53 Å². The molecule has 108 valence electrons. The van der Waals surface area contributed by atoms with Crippen molar-refractivity contribution in [2.45, 2.75) is 20.3 Å². The molecule has 19 heavy (non-hydrogen) atoms. The molecule has 1 aromatic rings. The molecule has 1 amide bonds. The van der Waals surface area contributed by atoms with Crippen molar-refractivity contribution in [1.82, 2.24) is 10.6 Å². The van der Waals surface area contributed by atoms with Gasteiger partial charge in [0.05, 0.1) is 0 Å². The molecule has 0 radical (unpaired) electrons. The van der Waals surface area contributed by atoms with Gasteiger partial charge in [-0.3, -0.25) is 4.79 Å². The second-order valence-corrected chi connectivity index (χ2v) is 4.34. The van der Waals surface area contributed by atoms with Crippen LogP contribution in [0.2, 0.25) is 0 Å². The number of rotatable bonds is 7. The van der Waals surface area contributed by atoms with Crippen molar-refractivity contribution in [3.8, 4) is 5.75 Å². The van der Waals surface area contributed by atoms with Crippen molar-refractivity contribution in [2.24, 2.45) is 0 Å². The first-order chi connectivity index (χ1) is 8.63. The third-order valence-corrected chi connectivity index (χ3v) is 2.77. The van der Waals surface area contributed by atoms with E-state index in [-0.39, 0.29) is 24.9 Å². The monoisotopic (exact) mass is 286 g/mol. The van der Waals surface area contributed by atoms with Gasteiger partial charge in [-0.15, -0.1) is 12.4 Å². The molecule has 0 saturated heterocycles. The van der Waals surface area contributed by atoms with E-state index in [1.54, 1.807) is 0 Å². The Morgan fingerprint density at radius 2 is 1.95 bits per heavy atom. The van der Waals surface area contributed by atoms with E-state index < -0.39 is 0 Å². The second kappa shape index (κ2) is 9.64. The van der Waals surface area contributed by atoms with Gasteiger partial charge in [0.1, 0.15) is 5.75 Å². The molecule has 0 aromatic heterocycles. The molecule has 1 aromatic carbocycles. The highest BCUT2D eigenvalue weighted by molar-refractivity contribution is 5.85. The molecule has 0 heterocycles. The molecule has 1 rings (SSSR count). The highest BCUT2D eigenvalue weighted by Crippen LogP contribution is 2.16. The van der Waals surface area contributed by atoms with Crippen molar-refractivity contribution in [1.29, 1.82) is 0 Å². The minimum Gasteiger partial charge on any atom is -0.484 e. The van der Waals surface area contributed by atoms with Gasteiger partial charge in [-0.1, -0.05) is 6.07 Å². The van der Waals surface area contributed by atoms with Crippen LogP contribution in [0, 0.1) is 13.8 Å². The topological polar surface area (TPSA) is 50.4 Å². The van der Waals surface area contributed by atoms with E-state index in [1.165, 1.54) is 11.1 Å². The fourth-order valence-electron chi connectivity index (χ4n) is 1.50. The van der Waals surface area contributed by atoms with Crippen LogP contribution in [0.1, 0.15) is 17.5 Å². The summed E-state index contributed by atoms with van der Waals surface area (Å²) >= 11 is 0. The van der Waals surface area contributed by atoms with E-state index in [9.17, 15) is 4.79 Å². The first-order valence-electron chi connectivity index (χ1n) is 6.25. The Balaban J connectivity index is 0.00000324. The van der Waals surface area contributed by atoms with Crippen molar-refractivity contribution in [2.75, 3.05) is 26.7 Å². The van der Waals surface area contributed by atoms with Crippen LogP contribution < -0.4 is 15.4 Å². The van der Waals surface area contributed by atoms with Gasteiger partial charge in [0.2, 0.25) is 0 Å². The van der Waals surface area contributed by atoms with E-state index in [0.717, 1.165) is 18.7 Å². The fraction of sp³-hybridized carbons (Fsp3) is 0.500. The van der Waals surface area contributed by atoms with Crippen molar-refractivity contribution in [3.05, 3.63) is 29.3 Å². The summed E-state index contributed by atoms with van der Waals surface area (Å²) in [4.78, 5) is 11.5. The van der Waals surface area contributed by atoms with Gasteiger partial charge >= 0.3 is 0 Å². The zero-order chi connectivity index (χ0) is 13.4. The van der Waals surface area contributed by atoms with Crippen molar-refractivity contribution in [3.63, 3.8) is 0 Å². The lowest BCUT2D eigenvalue weighted by atomic mass is 10.1. The summed E-state index contributed by atoms with van der Waals surface area (Å²) in [5.41, 5.74) is 2.39. The Hall–Kier alpha value is -1.26. The molecule has 0 saturated carbocycles. The molecule has 0 aliphatic carbocycles. The Labute approximate surface area is 121 Å². The van der Waals surface area contributed by atoms with Gasteiger partial charge in [0, 0.05) is 6.54 Å². The molecule has 5 heteroatoms. The molecule has 0 unspecified atom stereocenters. The summed E-state index contributed by atoms with van der Waals surface area (Å²) in [6.45, 7) is 5.73. The quantitative estimate of drug-likeness (QED) is 0.752. The third-order valence-electron chi connectivity index (χ3n) is 2.77. The molecule has 4 nitrogen and oxygen atoms in total. The lowest BCUT2D eigenvalue weighted by Crippen LogP contribution is -2.30. The summed E-state index contributed by atoms with van der Waals surface area (Å²) in [6, 6.07) is 5.83. The van der Waals surface area contributed by atoms with Crippen LogP contribution in [0.15, 0.2) is 18.2 Å². The Bertz CT molecular complexity index is 397. The van der Waals surface area contributed by atoms with E-state index in [2.05, 4.69) is 10.6 Å². The molecule has 0 bridgehead atoms. The summed E-state index contributed by atoms with van der Waals surface area (Å²) in [6.07, 6.45) is 0.922. The highest BCUT2D eigenvalue weighted by atomic mass is 35.5. The SMILES string of the molecule is CNCCCNC(=O)COc1ccc(C)c(C)c1.Cl. The standard InChI is InChI=1S/C14H22N2O2.ClH/c1-11-5-6-13(9-12(11)2)18-10-14(17)16-8-4-7-15-3;/h5-6,9,15H,4,7-8,10H2,1-3H3,(H,16,17);1H. The van der Waals surface area contributed by atoms with Gasteiger partial charge in [0.25, 0.3) is 5.91 Å². The second-order valence-electron chi connectivity index (χ2n) is 4.34. The van der Waals surface area contributed by atoms with Crippen LogP contribution in [-0.2, 0) is 4.79 Å². The Morgan fingerprint density at radius 3 is 2.58 bits per heavy atom. The maximum atomic E-state index is 11.5. The fourth-order valence-corrected chi connectivity index (χ4v) is 1.50. The first-order valence-corrected chi connectivity index (χ1v) is 6.25. The minimum atomic E-state index is -0.0793. The third kappa shape index (κ3) is 7.03. The van der Waals surface area contributed by atoms with Gasteiger partial charge in [-0.25, -0.2) is 0 Å². The number of ether oxygens (including phenoxy) is 1. The molecule has 2 N–H and O–H groups in total. The number of amides is 1. The summed E-state index contributed by atoms with van der Waals surface area (Å²) < 4.78 is 5.43. The van der Waals surface area contributed by atoms with E-state index in [1.807, 2.05) is 39.1 Å². The molecular weight excluding hydrogens is 264 g/mol. The Morgan fingerprint density at radius 1 is 1.21 bits per heavy atom. The minimum absolute atomic E-state index is 0. The van der Waals surface area contributed by atoms with Crippen LogP contribution in [0.4, 0.5) is 0 Å². The first kappa shape index (κ1) is 17.7. The Kier molecular flexibility index (Phi) is 9.00. The summed E-state index contributed by atoms with van der Waals surface area (Å²) in [5.74, 6) is 0.660. The van der Waals surface area contributed by atoms with Gasteiger partial charge in [-0.05, 0) is 57.1 Å². The lowest BCUT2D eigenvalue weighted by Gasteiger charge is -2.09. The number of nitrogens with one attached hydrogen (secondary N) is 2. The zero-order valence-corrected chi connectivity index (χ0v) is 12.6. The number of halogens is 1. The average molecular weight is 287 g/mol. The van der Waals surface area contributed by atoms with Gasteiger partial charge in [0.15, 0.2) is 6.61 Å². The summed E-state index contributed by atoms with van der Waals surface area (Å²) in [7, 11) is 1.89. The van der Waals surface area contributed by atoms with Crippen LogP contribution in [0.3, 0.4) is 0 Å². The van der Waals surface area contributed by atoms with E-state index in [4.69, 9.17) is 4.74 Å². The number of benzene rings is 1. The molecule has 0 atom stereocenters. The molecule has 0 aliphatic rings. The number of aryl methyl sites for hydroxylation is 2. The number of hydrogen-bond donors (Lipinski definition) is 2. The largest absolute Gasteiger partial charge is 0.484 e. The van der Waals surface area contributed by atoms with Gasteiger partial charge in [-0.2, -0.15) is 0 Å². The van der Waals surface area contributed by atoms with Gasteiger partial charge < -0.3 is 15.4 Å². The van der Waals surface area contributed by atoms with Crippen molar-refractivity contribution >= 4 is 18.3 Å². The predicted molar refractivity (Wildman–Crippen MR) is 80.2 cm³/mol. The number of carbonyl (C=O) groups excluding carboxylic acids is 1.